The fraction of sp³-hybridized carbons (Fsp3) is 0.0526. The van der Waals surface area contributed by atoms with E-state index in [9.17, 15) is 14.8 Å². The summed E-state index contributed by atoms with van der Waals surface area (Å²) in [4.78, 5) is 12.3. The van der Waals surface area contributed by atoms with Crippen LogP contribution < -0.4 is 4.74 Å². The molecule has 1 N–H and O–H groups in total. The van der Waals surface area contributed by atoms with Gasteiger partial charge in [0, 0.05) is 24.0 Å². The van der Waals surface area contributed by atoms with Crippen LogP contribution in [0.25, 0.3) is 11.3 Å². The number of aliphatic imine (C=N–C) groups is 1. The van der Waals surface area contributed by atoms with Gasteiger partial charge in [-0.05, 0) is 30.3 Å². The average Bonchev–Trinajstić information content (AvgIpc) is 2.69. The molecule has 0 aliphatic carbocycles. The lowest BCUT2D eigenvalue weighted by molar-refractivity contribution is 0.398. The molecule has 0 saturated carbocycles. The van der Waals surface area contributed by atoms with E-state index in [0.29, 0.717) is 11.4 Å². The second-order valence-corrected chi connectivity index (χ2v) is 5.72. The summed E-state index contributed by atoms with van der Waals surface area (Å²) in [6, 6.07) is 10.5. The van der Waals surface area contributed by atoms with Gasteiger partial charge >= 0.3 is 0 Å². The Labute approximate surface area is 159 Å². The Morgan fingerprint density at radius 3 is 2.70 bits per heavy atom. The lowest BCUT2D eigenvalue weighted by Gasteiger charge is -2.09. The zero-order chi connectivity index (χ0) is 19.4. The maximum atomic E-state index is 13.3. The van der Waals surface area contributed by atoms with Gasteiger partial charge in [-0.15, -0.1) is 0 Å². The molecular weight excluding hydrogens is 371 g/mol. The van der Waals surface area contributed by atoms with Gasteiger partial charge in [0.2, 0.25) is 5.88 Å². The number of aromatic hydroxyl groups is 1. The van der Waals surface area contributed by atoms with Crippen LogP contribution in [0.2, 0.25) is 5.02 Å². The number of rotatable bonds is 4. The van der Waals surface area contributed by atoms with Gasteiger partial charge < -0.3 is 9.84 Å². The van der Waals surface area contributed by atoms with E-state index >= 15 is 0 Å². The first-order chi connectivity index (χ1) is 13.0. The average molecular weight is 383 g/mol. The summed E-state index contributed by atoms with van der Waals surface area (Å²) in [6.07, 6.45) is 2.96. The van der Waals surface area contributed by atoms with Crippen molar-refractivity contribution in [2.75, 3.05) is 7.11 Å². The number of pyridine rings is 2. The van der Waals surface area contributed by atoms with Crippen LogP contribution in [0, 0.1) is 17.1 Å². The number of hydrogen-bond acceptors (Lipinski definition) is 6. The molecule has 0 atom stereocenters. The van der Waals surface area contributed by atoms with Gasteiger partial charge in [-0.25, -0.2) is 14.4 Å². The Hall–Kier alpha value is -3.50. The van der Waals surface area contributed by atoms with Crippen LogP contribution in [0.15, 0.2) is 53.8 Å². The highest BCUT2D eigenvalue weighted by atomic mass is 35.5. The molecule has 3 rings (SSSR count). The zero-order valence-electron chi connectivity index (χ0n) is 14.0. The minimum absolute atomic E-state index is 0.0696. The number of benzene rings is 1. The lowest BCUT2D eigenvalue weighted by Crippen LogP contribution is -2.00. The fourth-order valence-electron chi connectivity index (χ4n) is 2.35. The van der Waals surface area contributed by atoms with E-state index in [2.05, 4.69) is 15.0 Å². The quantitative estimate of drug-likeness (QED) is 0.679. The molecule has 134 valence electrons. The topological polar surface area (TPSA) is 91.4 Å². The molecule has 8 heteroatoms. The van der Waals surface area contributed by atoms with Gasteiger partial charge in [-0.3, -0.25) is 4.98 Å². The van der Waals surface area contributed by atoms with Crippen molar-refractivity contribution in [2.45, 2.75) is 0 Å². The van der Waals surface area contributed by atoms with Crippen molar-refractivity contribution >= 4 is 23.0 Å². The standard InChI is InChI=1S/C19H12ClFN4O2/c1-27-17-8-11(4-6-23-17)18-19(26)13(5-7-24-18)16(10-22)25-12-2-3-15(21)14(20)9-12/h2-9,26H,1H3. The lowest BCUT2D eigenvalue weighted by atomic mass is 10.1. The van der Waals surface area contributed by atoms with E-state index in [-0.39, 0.29) is 33.4 Å². The van der Waals surface area contributed by atoms with Crippen molar-refractivity contribution in [3.05, 3.63) is 65.2 Å². The van der Waals surface area contributed by atoms with Crippen LogP contribution >= 0.6 is 11.6 Å². The molecule has 27 heavy (non-hydrogen) atoms. The Bertz CT molecular complexity index is 1080. The number of hydrogen-bond donors (Lipinski definition) is 1. The number of halogens is 2. The summed E-state index contributed by atoms with van der Waals surface area (Å²) in [5, 5.41) is 20.0. The summed E-state index contributed by atoms with van der Waals surface area (Å²) < 4.78 is 18.4. The first-order valence-corrected chi connectivity index (χ1v) is 8.04. The smallest absolute Gasteiger partial charge is 0.213 e. The highest BCUT2D eigenvalue weighted by molar-refractivity contribution is 6.31. The SMILES string of the molecule is COc1cc(-c2nccc(C(C#N)=Nc3ccc(F)c(Cl)c3)c2O)ccn1. The summed E-state index contributed by atoms with van der Waals surface area (Å²) in [5.74, 6) is -0.455. The van der Waals surface area contributed by atoms with Crippen molar-refractivity contribution in [1.29, 1.82) is 5.26 Å². The predicted octanol–water partition coefficient (Wildman–Crippen LogP) is 4.29. The highest BCUT2D eigenvalue weighted by Gasteiger charge is 2.16. The minimum Gasteiger partial charge on any atom is -0.505 e. The van der Waals surface area contributed by atoms with Gasteiger partial charge in [0.1, 0.15) is 17.6 Å². The van der Waals surface area contributed by atoms with Gasteiger partial charge in [0.15, 0.2) is 11.5 Å². The van der Waals surface area contributed by atoms with Crippen molar-refractivity contribution in [3.63, 3.8) is 0 Å². The summed E-state index contributed by atoms with van der Waals surface area (Å²) in [6.45, 7) is 0. The molecule has 2 heterocycles. The first kappa shape index (κ1) is 18.3. The molecule has 0 amide bonds. The molecule has 0 fully saturated rings. The predicted molar refractivity (Wildman–Crippen MR) is 98.9 cm³/mol. The van der Waals surface area contributed by atoms with Crippen LogP contribution in [0.1, 0.15) is 5.56 Å². The molecule has 0 unspecified atom stereocenters. The van der Waals surface area contributed by atoms with Crippen LogP contribution in [-0.4, -0.2) is 27.9 Å². The third-order valence-electron chi connectivity index (χ3n) is 3.65. The largest absolute Gasteiger partial charge is 0.505 e. The second-order valence-electron chi connectivity index (χ2n) is 5.31. The molecule has 1 aromatic carbocycles. The third kappa shape index (κ3) is 3.86. The number of methoxy groups -OCH3 is 1. The van der Waals surface area contributed by atoms with Crippen LogP contribution in [-0.2, 0) is 0 Å². The van der Waals surface area contributed by atoms with E-state index in [4.69, 9.17) is 16.3 Å². The van der Waals surface area contributed by atoms with E-state index < -0.39 is 5.82 Å². The maximum absolute atomic E-state index is 13.3. The number of nitriles is 1. The summed E-state index contributed by atoms with van der Waals surface area (Å²) >= 11 is 5.75. The van der Waals surface area contributed by atoms with E-state index in [1.807, 2.05) is 6.07 Å². The van der Waals surface area contributed by atoms with Crippen molar-refractivity contribution in [2.24, 2.45) is 4.99 Å². The van der Waals surface area contributed by atoms with Crippen LogP contribution in [0.3, 0.4) is 0 Å². The molecule has 2 aromatic heterocycles. The van der Waals surface area contributed by atoms with E-state index in [0.717, 1.165) is 6.07 Å². The highest BCUT2D eigenvalue weighted by Crippen LogP contribution is 2.32. The Morgan fingerprint density at radius 2 is 2.00 bits per heavy atom. The molecule has 3 aromatic rings. The van der Waals surface area contributed by atoms with Crippen molar-refractivity contribution < 1.29 is 14.2 Å². The van der Waals surface area contributed by atoms with Gasteiger partial charge in [-0.2, -0.15) is 5.26 Å². The zero-order valence-corrected chi connectivity index (χ0v) is 14.8. The van der Waals surface area contributed by atoms with Crippen LogP contribution in [0.5, 0.6) is 11.6 Å². The first-order valence-electron chi connectivity index (χ1n) is 7.66. The van der Waals surface area contributed by atoms with Crippen molar-refractivity contribution in [3.8, 4) is 29.0 Å². The van der Waals surface area contributed by atoms with Gasteiger partial charge in [-0.1, -0.05) is 11.6 Å². The van der Waals surface area contributed by atoms with Gasteiger partial charge in [0.25, 0.3) is 0 Å². The van der Waals surface area contributed by atoms with E-state index in [1.165, 1.54) is 37.7 Å². The van der Waals surface area contributed by atoms with Crippen molar-refractivity contribution in [1.82, 2.24) is 9.97 Å². The molecule has 0 aliphatic heterocycles. The fourth-order valence-corrected chi connectivity index (χ4v) is 2.53. The maximum Gasteiger partial charge on any atom is 0.213 e. The second kappa shape index (κ2) is 7.81. The molecule has 6 nitrogen and oxygen atoms in total. The monoisotopic (exact) mass is 382 g/mol. The van der Waals surface area contributed by atoms with E-state index in [1.54, 1.807) is 12.1 Å². The molecule has 0 bridgehead atoms. The normalized spacial score (nSPS) is 11.1. The number of aromatic nitrogens is 2. The Balaban J connectivity index is 2.09. The summed E-state index contributed by atoms with van der Waals surface area (Å²) in [7, 11) is 1.48. The third-order valence-corrected chi connectivity index (χ3v) is 3.94. The molecule has 0 saturated heterocycles. The number of nitrogens with zero attached hydrogens (tertiary/aromatic N) is 4. The number of ether oxygens (including phenoxy) is 1. The summed E-state index contributed by atoms with van der Waals surface area (Å²) in [5.41, 5.74) is 1.19. The van der Waals surface area contributed by atoms with Gasteiger partial charge in [0.05, 0.1) is 23.4 Å². The Morgan fingerprint density at radius 1 is 1.22 bits per heavy atom. The molecular formula is C19H12ClFN4O2. The molecule has 0 spiro atoms. The Kier molecular flexibility index (Phi) is 5.29. The van der Waals surface area contributed by atoms with Crippen LogP contribution in [0.4, 0.5) is 10.1 Å². The molecule has 0 aliphatic rings. The molecule has 0 radical (unpaired) electrons. The minimum atomic E-state index is -0.588.